The zero-order valence-electron chi connectivity index (χ0n) is 14.4. The van der Waals surface area contributed by atoms with E-state index in [-0.39, 0.29) is 12.1 Å². The average molecular weight is 338 g/mol. The van der Waals surface area contributed by atoms with Crippen LogP contribution in [0.1, 0.15) is 29.8 Å². The minimum atomic E-state index is -0.678. The van der Waals surface area contributed by atoms with Crippen LogP contribution in [-0.2, 0) is 14.2 Å². The predicted molar refractivity (Wildman–Crippen MR) is 96.0 cm³/mol. The Balaban J connectivity index is 1.77. The second kappa shape index (κ2) is 7.64. The van der Waals surface area contributed by atoms with E-state index in [0.29, 0.717) is 12.2 Å². The van der Waals surface area contributed by atoms with E-state index in [1.54, 1.807) is 12.1 Å². The Labute approximate surface area is 148 Å². The lowest BCUT2D eigenvalue weighted by Crippen LogP contribution is -2.33. The van der Waals surface area contributed by atoms with Gasteiger partial charge in [-0.25, -0.2) is 4.79 Å². The van der Waals surface area contributed by atoms with E-state index in [1.807, 2.05) is 74.5 Å². The van der Waals surface area contributed by atoms with E-state index in [4.69, 9.17) is 14.2 Å². The molecule has 0 aliphatic carbocycles. The van der Waals surface area contributed by atoms with Crippen LogP contribution in [0.25, 0.3) is 6.08 Å². The van der Waals surface area contributed by atoms with Crippen molar-refractivity contribution in [1.29, 1.82) is 0 Å². The molecule has 0 radical (unpaired) electrons. The van der Waals surface area contributed by atoms with Gasteiger partial charge in [-0.3, -0.25) is 0 Å². The first-order valence-electron chi connectivity index (χ1n) is 8.34. The van der Waals surface area contributed by atoms with Gasteiger partial charge in [0.15, 0.2) is 5.79 Å². The van der Waals surface area contributed by atoms with Gasteiger partial charge in [0.25, 0.3) is 0 Å². The number of carbonyl (C=O) groups is 1. The highest BCUT2D eigenvalue weighted by Crippen LogP contribution is 2.26. The first-order chi connectivity index (χ1) is 12.0. The molecule has 4 nitrogen and oxygen atoms in total. The van der Waals surface area contributed by atoms with Gasteiger partial charge in [0, 0.05) is 0 Å². The van der Waals surface area contributed by atoms with Gasteiger partial charge in [-0.05, 0) is 37.6 Å². The van der Waals surface area contributed by atoms with Crippen molar-refractivity contribution in [3.8, 4) is 0 Å². The first kappa shape index (κ1) is 17.4. The molecule has 0 spiro atoms. The highest BCUT2D eigenvalue weighted by molar-refractivity contribution is 5.89. The lowest BCUT2D eigenvalue weighted by Gasteiger charge is -2.22. The lowest BCUT2D eigenvalue weighted by atomic mass is 10.1. The third-order valence-corrected chi connectivity index (χ3v) is 3.93. The van der Waals surface area contributed by atoms with Crippen molar-refractivity contribution in [3.05, 3.63) is 77.9 Å². The number of ether oxygens (including phenoxy) is 3. The van der Waals surface area contributed by atoms with Crippen LogP contribution in [0.2, 0.25) is 0 Å². The molecule has 0 saturated carbocycles. The van der Waals surface area contributed by atoms with Crippen molar-refractivity contribution in [2.75, 3.05) is 6.61 Å². The maximum atomic E-state index is 12.4. The summed E-state index contributed by atoms with van der Waals surface area (Å²) in [5.41, 5.74) is 1.54. The van der Waals surface area contributed by atoms with Gasteiger partial charge in [-0.1, -0.05) is 54.6 Å². The Morgan fingerprint density at radius 1 is 1.12 bits per heavy atom. The number of carbonyl (C=O) groups excluding carboxylic acids is 1. The van der Waals surface area contributed by atoms with E-state index < -0.39 is 11.9 Å². The summed E-state index contributed by atoms with van der Waals surface area (Å²) < 4.78 is 17.2. The molecule has 3 rings (SSSR count). The molecule has 4 heteroatoms. The molecule has 25 heavy (non-hydrogen) atoms. The molecule has 130 valence electrons. The summed E-state index contributed by atoms with van der Waals surface area (Å²) in [6, 6.07) is 18.8. The van der Waals surface area contributed by atoms with Crippen LogP contribution in [0.3, 0.4) is 0 Å². The molecule has 0 amide bonds. The third-order valence-electron chi connectivity index (χ3n) is 3.93. The Hall–Kier alpha value is -2.43. The van der Waals surface area contributed by atoms with E-state index >= 15 is 0 Å². The van der Waals surface area contributed by atoms with Gasteiger partial charge in [0.2, 0.25) is 0 Å². The summed E-state index contributed by atoms with van der Waals surface area (Å²) in [7, 11) is 0. The number of benzene rings is 2. The van der Waals surface area contributed by atoms with Gasteiger partial charge in [-0.15, -0.1) is 0 Å². The molecule has 1 saturated heterocycles. The van der Waals surface area contributed by atoms with E-state index in [9.17, 15) is 4.79 Å². The summed E-state index contributed by atoms with van der Waals surface area (Å²) in [4.78, 5) is 12.4. The third kappa shape index (κ3) is 4.78. The number of hydrogen-bond acceptors (Lipinski definition) is 4. The average Bonchev–Trinajstić information content (AvgIpc) is 3.00. The Morgan fingerprint density at radius 3 is 2.36 bits per heavy atom. The normalized spacial score (nSPS) is 20.5. The molecule has 2 aromatic rings. The quantitative estimate of drug-likeness (QED) is 0.771. The van der Waals surface area contributed by atoms with Crippen molar-refractivity contribution < 1.29 is 19.0 Å². The van der Waals surface area contributed by atoms with Crippen molar-refractivity contribution in [2.45, 2.75) is 31.8 Å². The van der Waals surface area contributed by atoms with Crippen molar-refractivity contribution in [1.82, 2.24) is 0 Å². The van der Waals surface area contributed by atoms with Crippen LogP contribution < -0.4 is 0 Å². The Kier molecular flexibility index (Phi) is 5.31. The monoisotopic (exact) mass is 338 g/mol. The second-order valence-electron chi connectivity index (χ2n) is 6.37. The summed E-state index contributed by atoms with van der Waals surface area (Å²) >= 11 is 0. The maximum Gasteiger partial charge on any atom is 0.338 e. The smallest absolute Gasteiger partial charge is 0.338 e. The van der Waals surface area contributed by atoms with Crippen LogP contribution in [0.4, 0.5) is 0 Å². The predicted octanol–water partition coefficient (Wildman–Crippen LogP) is 4.08. The number of hydrogen-bond donors (Lipinski definition) is 0. The molecule has 1 aliphatic heterocycles. The van der Waals surface area contributed by atoms with Gasteiger partial charge in [0.1, 0.15) is 12.2 Å². The van der Waals surface area contributed by atoms with Crippen molar-refractivity contribution in [3.63, 3.8) is 0 Å². The summed E-state index contributed by atoms with van der Waals surface area (Å²) in [5.74, 6) is -1.06. The fraction of sp³-hybridized carbons (Fsp3) is 0.286. The van der Waals surface area contributed by atoms with E-state index in [0.717, 1.165) is 5.56 Å². The van der Waals surface area contributed by atoms with Crippen LogP contribution in [-0.4, -0.2) is 30.6 Å². The molecule has 2 atom stereocenters. The molecule has 0 aromatic heterocycles. The molecule has 0 bridgehead atoms. The minimum Gasteiger partial charge on any atom is -0.452 e. The van der Waals surface area contributed by atoms with Gasteiger partial charge < -0.3 is 14.2 Å². The fourth-order valence-electron chi connectivity index (χ4n) is 2.65. The molecule has 2 aromatic carbocycles. The summed E-state index contributed by atoms with van der Waals surface area (Å²) in [5, 5.41) is 0. The van der Waals surface area contributed by atoms with E-state index in [2.05, 4.69) is 0 Å². The minimum absolute atomic E-state index is 0.345. The molecule has 0 N–H and O–H groups in total. The highest BCUT2D eigenvalue weighted by Gasteiger charge is 2.38. The highest BCUT2D eigenvalue weighted by atomic mass is 16.7. The Morgan fingerprint density at radius 2 is 1.76 bits per heavy atom. The number of esters is 1. The zero-order chi connectivity index (χ0) is 17.7. The van der Waals surface area contributed by atoms with E-state index in [1.165, 1.54) is 0 Å². The topological polar surface area (TPSA) is 44.8 Å². The molecule has 0 unspecified atom stereocenters. The SMILES string of the molecule is CC1(C)OC[C@H]([C@H](/C=C/c2ccccc2)OC(=O)c2ccccc2)O1. The van der Waals surface area contributed by atoms with Gasteiger partial charge >= 0.3 is 5.97 Å². The van der Waals surface area contributed by atoms with Crippen LogP contribution in [0.15, 0.2) is 66.7 Å². The lowest BCUT2D eigenvalue weighted by molar-refractivity contribution is -0.147. The molecular weight excluding hydrogens is 316 g/mol. The standard InChI is InChI=1S/C21H22O4/c1-21(2)23-15-19(25-21)18(14-13-16-9-5-3-6-10-16)24-20(22)17-11-7-4-8-12-17/h3-14,18-19H,15H2,1-2H3/b14-13+/t18-,19+/m0/s1. The van der Waals surface area contributed by atoms with Crippen LogP contribution in [0, 0.1) is 0 Å². The Bertz CT molecular complexity index is 722. The van der Waals surface area contributed by atoms with Crippen molar-refractivity contribution >= 4 is 12.0 Å². The first-order valence-corrected chi connectivity index (χ1v) is 8.34. The van der Waals surface area contributed by atoms with Crippen LogP contribution in [0.5, 0.6) is 0 Å². The van der Waals surface area contributed by atoms with Gasteiger partial charge in [-0.2, -0.15) is 0 Å². The van der Waals surface area contributed by atoms with Gasteiger partial charge in [0.05, 0.1) is 12.2 Å². The summed E-state index contributed by atoms with van der Waals surface area (Å²) in [6.45, 7) is 4.08. The molecule has 1 aliphatic rings. The second-order valence-corrected chi connectivity index (χ2v) is 6.37. The number of rotatable bonds is 5. The largest absolute Gasteiger partial charge is 0.452 e. The molecule has 1 heterocycles. The van der Waals surface area contributed by atoms with Crippen LogP contribution >= 0.6 is 0 Å². The van der Waals surface area contributed by atoms with Crippen molar-refractivity contribution in [2.24, 2.45) is 0 Å². The molecule has 1 fully saturated rings. The summed E-state index contributed by atoms with van der Waals surface area (Å²) in [6.07, 6.45) is 2.90. The fourth-order valence-corrected chi connectivity index (χ4v) is 2.65. The zero-order valence-corrected chi connectivity index (χ0v) is 14.4. The molecular formula is C21H22O4. The maximum absolute atomic E-state index is 12.4.